The minimum absolute atomic E-state index is 0.153. The van der Waals surface area contributed by atoms with E-state index in [2.05, 4.69) is 6.92 Å². The van der Waals surface area contributed by atoms with Crippen LogP contribution in [0.15, 0.2) is 35.6 Å². The van der Waals surface area contributed by atoms with Crippen molar-refractivity contribution < 1.29 is 19.4 Å². The minimum Gasteiger partial charge on any atom is -0.503 e. The second kappa shape index (κ2) is 7.99. The number of unbranched alkanes of at least 4 members (excludes halogenated alkanes) is 3. The summed E-state index contributed by atoms with van der Waals surface area (Å²) in [6.07, 6.45) is 4.05. The molecule has 130 valence electrons. The van der Waals surface area contributed by atoms with Crippen molar-refractivity contribution in [3.05, 3.63) is 41.2 Å². The number of nitrogens with zero attached hydrogens (tertiary/aromatic N) is 1. The smallest absolute Gasteiger partial charge is 0.290 e. The molecule has 1 amide bonds. The zero-order chi connectivity index (χ0) is 17.7. The Hall–Kier alpha value is -2.30. The van der Waals surface area contributed by atoms with Gasteiger partial charge in [0.15, 0.2) is 11.5 Å². The normalized spacial score (nSPS) is 17.5. The van der Waals surface area contributed by atoms with Crippen LogP contribution < -0.4 is 4.74 Å². The van der Waals surface area contributed by atoms with Crippen LogP contribution in [0, 0.1) is 0 Å². The maximum Gasteiger partial charge on any atom is 0.290 e. The van der Waals surface area contributed by atoms with Gasteiger partial charge in [-0.15, -0.1) is 0 Å². The van der Waals surface area contributed by atoms with Crippen LogP contribution in [0.4, 0.5) is 0 Å². The van der Waals surface area contributed by atoms with Gasteiger partial charge in [-0.05, 0) is 19.4 Å². The molecule has 5 heteroatoms. The highest BCUT2D eigenvalue weighted by Crippen LogP contribution is 2.41. The molecule has 0 bridgehead atoms. The first kappa shape index (κ1) is 18.0. The van der Waals surface area contributed by atoms with E-state index in [4.69, 9.17) is 4.74 Å². The molecule has 0 aliphatic carbocycles. The van der Waals surface area contributed by atoms with Crippen molar-refractivity contribution in [1.29, 1.82) is 0 Å². The number of hydrogen-bond donors (Lipinski definition) is 1. The zero-order valence-corrected chi connectivity index (χ0v) is 14.5. The number of methoxy groups -OCH3 is 1. The van der Waals surface area contributed by atoms with Gasteiger partial charge in [0.2, 0.25) is 0 Å². The van der Waals surface area contributed by atoms with E-state index in [-0.39, 0.29) is 11.4 Å². The van der Waals surface area contributed by atoms with Gasteiger partial charge in [-0.3, -0.25) is 9.59 Å². The summed E-state index contributed by atoms with van der Waals surface area (Å²) in [5, 5.41) is 10.2. The fourth-order valence-electron chi connectivity index (χ4n) is 3.17. The van der Waals surface area contributed by atoms with E-state index in [0.717, 1.165) is 31.2 Å². The van der Waals surface area contributed by atoms with Gasteiger partial charge in [0.05, 0.1) is 18.7 Å². The summed E-state index contributed by atoms with van der Waals surface area (Å²) < 4.78 is 5.39. The van der Waals surface area contributed by atoms with E-state index >= 15 is 0 Å². The van der Waals surface area contributed by atoms with Gasteiger partial charge in [-0.2, -0.15) is 0 Å². The van der Waals surface area contributed by atoms with Crippen molar-refractivity contribution in [2.24, 2.45) is 0 Å². The lowest BCUT2D eigenvalue weighted by Crippen LogP contribution is -2.32. The molecule has 1 aliphatic rings. The number of ketones is 1. The van der Waals surface area contributed by atoms with Gasteiger partial charge >= 0.3 is 0 Å². The maximum atomic E-state index is 12.5. The Morgan fingerprint density at radius 1 is 1.25 bits per heavy atom. The molecule has 1 aliphatic heterocycles. The molecule has 1 atom stereocenters. The number of benzene rings is 1. The molecule has 0 fully saturated rings. The lowest BCUT2D eigenvalue weighted by atomic mass is 9.95. The third-order valence-electron chi connectivity index (χ3n) is 4.37. The second-order valence-electron chi connectivity index (χ2n) is 6.02. The Kier molecular flexibility index (Phi) is 6.01. The van der Waals surface area contributed by atoms with Gasteiger partial charge in [-0.25, -0.2) is 0 Å². The lowest BCUT2D eigenvalue weighted by Gasteiger charge is -2.27. The summed E-state index contributed by atoms with van der Waals surface area (Å²) in [6, 6.07) is 6.71. The Balaban J connectivity index is 2.39. The van der Waals surface area contributed by atoms with Crippen LogP contribution in [0.1, 0.15) is 51.1 Å². The summed E-state index contributed by atoms with van der Waals surface area (Å²) in [7, 11) is 1.55. The van der Waals surface area contributed by atoms with Crippen LogP contribution in [0.5, 0.6) is 5.75 Å². The molecule has 5 nitrogen and oxygen atoms in total. The molecule has 1 unspecified atom stereocenters. The Morgan fingerprint density at radius 3 is 2.58 bits per heavy atom. The van der Waals surface area contributed by atoms with Crippen LogP contribution >= 0.6 is 0 Å². The summed E-state index contributed by atoms with van der Waals surface area (Å²) in [5.41, 5.74) is 0.873. The molecular weight excluding hydrogens is 306 g/mol. The summed E-state index contributed by atoms with van der Waals surface area (Å²) in [5.74, 6) is -0.614. The quantitative estimate of drug-likeness (QED) is 0.740. The molecule has 0 spiro atoms. The summed E-state index contributed by atoms with van der Waals surface area (Å²) in [6.45, 7) is 4.00. The van der Waals surface area contributed by atoms with Gasteiger partial charge in [0.1, 0.15) is 5.75 Å². The van der Waals surface area contributed by atoms with Crippen molar-refractivity contribution in [2.75, 3.05) is 13.7 Å². The second-order valence-corrected chi connectivity index (χ2v) is 6.02. The zero-order valence-electron chi connectivity index (χ0n) is 14.5. The monoisotopic (exact) mass is 331 g/mol. The van der Waals surface area contributed by atoms with E-state index < -0.39 is 17.7 Å². The van der Waals surface area contributed by atoms with Crippen molar-refractivity contribution in [1.82, 2.24) is 4.90 Å². The maximum absolute atomic E-state index is 12.5. The van der Waals surface area contributed by atoms with E-state index in [1.54, 1.807) is 18.1 Å². The Bertz CT molecular complexity index is 651. The van der Waals surface area contributed by atoms with Crippen LogP contribution in [-0.4, -0.2) is 35.4 Å². The van der Waals surface area contributed by atoms with Gasteiger partial charge < -0.3 is 14.7 Å². The predicted octanol–water partition coefficient (Wildman–Crippen LogP) is 3.56. The SMILES string of the molecule is CCCCCCN1C(=O)C(O)=C(C(C)=O)C1c1ccccc1OC. The van der Waals surface area contributed by atoms with Gasteiger partial charge in [0.25, 0.3) is 5.91 Å². The number of aliphatic hydroxyl groups is 1. The fourth-order valence-corrected chi connectivity index (χ4v) is 3.17. The van der Waals surface area contributed by atoms with Gasteiger partial charge in [0, 0.05) is 12.1 Å². The predicted molar refractivity (Wildman–Crippen MR) is 91.9 cm³/mol. The number of aliphatic hydroxyl groups excluding tert-OH is 1. The number of para-hydroxylation sites is 1. The van der Waals surface area contributed by atoms with E-state index in [1.807, 2.05) is 18.2 Å². The average Bonchev–Trinajstić information content (AvgIpc) is 2.83. The molecule has 1 aromatic carbocycles. The largest absolute Gasteiger partial charge is 0.503 e. The van der Waals surface area contributed by atoms with E-state index in [0.29, 0.717) is 12.3 Å². The molecule has 0 saturated heterocycles. The average molecular weight is 331 g/mol. The number of Topliss-reactive ketones (excluding diaryl/α,β-unsaturated/α-hetero) is 1. The molecule has 1 N–H and O–H groups in total. The third kappa shape index (κ3) is 3.45. The first-order valence-corrected chi connectivity index (χ1v) is 8.40. The minimum atomic E-state index is -0.590. The van der Waals surface area contributed by atoms with Crippen molar-refractivity contribution in [3.63, 3.8) is 0 Å². The van der Waals surface area contributed by atoms with E-state index in [1.165, 1.54) is 6.92 Å². The molecule has 2 rings (SSSR count). The highest BCUT2D eigenvalue weighted by Gasteiger charge is 2.43. The molecule has 0 radical (unpaired) electrons. The Morgan fingerprint density at radius 2 is 1.96 bits per heavy atom. The number of rotatable bonds is 8. The van der Waals surface area contributed by atoms with Crippen molar-refractivity contribution in [3.8, 4) is 5.75 Å². The van der Waals surface area contributed by atoms with Crippen molar-refractivity contribution >= 4 is 11.7 Å². The fraction of sp³-hybridized carbons (Fsp3) is 0.474. The molecule has 1 heterocycles. The topological polar surface area (TPSA) is 66.8 Å². The third-order valence-corrected chi connectivity index (χ3v) is 4.37. The van der Waals surface area contributed by atoms with Crippen LogP contribution in [0.2, 0.25) is 0 Å². The number of hydrogen-bond acceptors (Lipinski definition) is 4. The lowest BCUT2D eigenvalue weighted by molar-refractivity contribution is -0.129. The first-order valence-electron chi connectivity index (χ1n) is 8.40. The highest BCUT2D eigenvalue weighted by molar-refractivity contribution is 6.08. The number of carbonyl (C=O) groups is 2. The standard InChI is InChI=1S/C19H25NO4/c1-4-5-6-9-12-20-17(14-10-7-8-11-15(14)24-3)16(13(2)21)18(22)19(20)23/h7-8,10-11,17,22H,4-6,9,12H2,1-3H3. The molecule has 0 saturated carbocycles. The van der Waals surface area contributed by atoms with Gasteiger partial charge in [-0.1, -0.05) is 44.4 Å². The number of ether oxygens (including phenoxy) is 1. The van der Waals surface area contributed by atoms with Crippen molar-refractivity contribution in [2.45, 2.75) is 45.6 Å². The Labute approximate surface area is 142 Å². The molecule has 1 aromatic rings. The molecule has 0 aromatic heterocycles. The summed E-state index contributed by atoms with van der Waals surface area (Å²) >= 11 is 0. The van der Waals surface area contributed by atoms with Crippen LogP contribution in [0.3, 0.4) is 0 Å². The number of carbonyl (C=O) groups excluding carboxylic acids is 2. The van der Waals surface area contributed by atoms with Crippen LogP contribution in [0.25, 0.3) is 0 Å². The number of amides is 1. The van der Waals surface area contributed by atoms with Crippen LogP contribution in [-0.2, 0) is 9.59 Å². The first-order chi connectivity index (χ1) is 11.5. The van der Waals surface area contributed by atoms with E-state index in [9.17, 15) is 14.7 Å². The highest BCUT2D eigenvalue weighted by atomic mass is 16.5. The molecule has 24 heavy (non-hydrogen) atoms. The molecular formula is C19H25NO4. The summed E-state index contributed by atoms with van der Waals surface area (Å²) in [4.78, 5) is 26.1.